The van der Waals surface area contributed by atoms with Crippen LogP contribution < -0.4 is 5.73 Å². The largest absolute Gasteiger partial charge is 0.507 e. The second-order valence-electron chi connectivity index (χ2n) is 3.64. The molecule has 0 bridgehead atoms. The van der Waals surface area contributed by atoms with Gasteiger partial charge in [-0.1, -0.05) is 0 Å². The number of nitrogen functional groups attached to an aromatic ring is 1. The number of benzene rings is 1. The van der Waals surface area contributed by atoms with Crippen LogP contribution in [0.2, 0.25) is 0 Å². The number of aromatic nitrogens is 2. The second kappa shape index (κ2) is 4.10. The number of phenolic OH excluding ortho intramolecular Hbond substituents is 1. The average Bonchev–Trinajstić information content (AvgIpc) is 2.30. The third kappa shape index (κ3) is 2.01. The molecule has 0 saturated heterocycles. The molecule has 0 aliphatic rings. The maximum atomic E-state index is 9.82. The summed E-state index contributed by atoms with van der Waals surface area (Å²) in [5.41, 5.74) is 7.82. The molecule has 1 aromatic carbocycles. The van der Waals surface area contributed by atoms with E-state index in [9.17, 15) is 5.11 Å². The van der Waals surface area contributed by atoms with Crippen LogP contribution in [0.3, 0.4) is 0 Å². The quantitative estimate of drug-likeness (QED) is 0.770. The molecule has 1 aromatic heterocycles. The van der Waals surface area contributed by atoms with Crippen molar-refractivity contribution >= 4 is 5.82 Å². The lowest BCUT2D eigenvalue weighted by atomic mass is 10.0. The molecule has 0 radical (unpaired) electrons. The maximum Gasteiger partial charge on any atom is 0.146 e. The molecule has 84 valence electrons. The van der Waals surface area contributed by atoms with Gasteiger partial charge >= 0.3 is 0 Å². The van der Waals surface area contributed by atoms with Crippen molar-refractivity contribution < 1.29 is 5.11 Å². The topological polar surface area (TPSA) is 95.8 Å². The molecule has 0 fully saturated rings. The summed E-state index contributed by atoms with van der Waals surface area (Å²) in [6.45, 7) is 1.83. The van der Waals surface area contributed by atoms with Gasteiger partial charge in [-0.3, -0.25) is 0 Å². The highest BCUT2D eigenvalue weighted by atomic mass is 16.3. The van der Waals surface area contributed by atoms with Crippen LogP contribution in [0.4, 0.5) is 5.82 Å². The summed E-state index contributed by atoms with van der Waals surface area (Å²) >= 11 is 0. The van der Waals surface area contributed by atoms with Crippen LogP contribution in [0, 0.1) is 18.3 Å². The molecule has 0 saturated carbocycles. The number of aromatic hydroxyl groups is 1. The Bertz CT molecular complexity index is 616. The average molecular weight is 226 g/mol. The van der Waals surface area contributed by atoms with Crippen molar-refractivity contribution in [1.29, 1.82) is 5.26 Å². The molecule has 0 unspecified atom stereocenters. The van der Waals surface area contributed by atoms with Crippen molar-refractivity contribution in [3.8, 4) is 23.1 Å². The van der Waals surface area contributed by atoms with E-state index < -0.39 is 0 Å². The fourth-order valence-electron chi connectivity index (χ4n) is 1.57. The van der Waals surface area contributed by atoms with E-state index in [1.165, 1.54) is 6.07 Å². The Morgan fingerprint density at radius 1 is 1.29 bits per heavy atom. The first-order chi connectivity index (χ1) is 8.11. The summed E-state index contributed by atoms with van der Waals surface area (Å²) in [7, 11) is 0. The van der Waals surface area contributed by atoms with E-state index in [1.54, 1.807) is 18.2 Å². The number of nitriles is 1. The van der Waals surface area contributed by atoms with E-state index in [2.05, 4.69) is 10.2 Å². The summed E-state index contributed by atoms with van der Waals surface area (Å²) in [6.07, 6.45) is 0. The standard InChI is InChI=1S/C12H10N4O/c1-7-4-11(14)15-16-12(7)9-3-2-8(6-13)5-10(9)17/h2-5,17H,1H3,(H2,14,15). The van der Waals surface area contributed by atoms with Crippen LogP contribution in [0.1, 0.15) is 11.1 Å². The SMILES string of the molecule is Cc1cc(N)nnc1-c1ccc(C#N)cc1O. The number of hydrogen-bond acceptors (Lipinski definition) is 5. The summed E-state index contributed by atoms with van der Waals surface area (Å²) in [4.78, 5) is 0. The minimum absolute atomic E-state index is 0.00576. The molecular weight excluding hydrogens is 216 g/mol. The molecule has 0 amide bonds. The molecule has 5 nitrogen and oxygen atoms in total. The lowest BCUT2D eigenvalue weighted by Crippen LogP contribution is -1.97. The highest BCUT2D eigenvalue weighted by Crippen LogP contribution is 2.30. The monoisotopic (exact) mass is 226 g/mol. The van der Waals surface area contributed by atoms with Crippen molar-refractivity contribution in [3.05, 3.63) is 35.4 Å². The van der Waals surface area contributed by atoms with E-state index in [-0.39, 0.29) is 5.75 Å². The molecule has 1 heterocycles. The molecule has 0 spiro atoms. The third-order valence-electron chi connectivity index (χ3n) is 2.39. The van der Waals surface area contributed by atoms with Gasteiger partial charge in [0.15, 0.2) is 0 Å². The predicted octanol–water partition coefficient (Wildman–Crippen LogP) is 1.61. The Morgan fingerprint density at radius 2 is 2.06 bits per heavy atom. The van der Waals surface area contributed by atoms with E-state index in [0.717, 1.165) is 5.56 Å². The van der Waals surface area contributed by atoms with Gasteiger partial charge in [0.2, 0.25) is 0 Å². The first-order valence-electron chi connectivity index (χ1n) is 4.95. The zero-order valence-corrected chi connectivity index (χ0v) is 9.18. The minimum atomic E-state index is 0.00576. The van der Waals surface area contributed by atoms with Gasteiger partial charge in [0.05, 0.1) is 17.3 Å². The van der Waals surface area contributed by atoms with Gasteiger partial charge in [0.25, 0.3) is 0 Å². The van der Waals surface area contributed by atoms with Gasteiger partial charge in [-0.25, -0.2) is 0 Å². The normalized spacial score (nSPS) is 9.88. The van der Waals surface area contributed by atoms with Crippen LogP contribution in [0.15, 0.2) is 24.3 Å². The Balaban J connectivity index is 2.58. The molecule has 0 aliphatic heterocycles. The maximum absolute atomic E-state index is 9.82. The predicted molar refractivity (Wildman–Crippen MR) is 63.0 cm³/mol. The zero-order chi connectivity index (χ0) is 12.4. The Kier molecular flexibility index (Phi) is 2.63. The lowest BCUT2D eigenvalue weighted by Gasteiger charge is -2.06. The number of hydrogen-bond donors (Lipinski definition) is 2. The minimum Gasteiger partial charge on any atom is -0.507 e. The zero-order valence-electron chi connectivity index (χ0n) is 9.18. The molecule has 3 N–H and O–H groups in total. The summed E-state index contributed by atoms with van der Waals surface area (Å²) in [5.74, 6) is 0.339. The number of nitrogens with zero attached hydrogens (tertiary/aromatic N) is 3. The highest BCUT2D eigenvalue weighted by Gasteiger charge is 2.10. The first-order valence-corrected chi connectivity index (χ1v) is 4.95. The van der Waals surface area contributed by atoms with Crippen molar-refractivity contribution in [2.45, 2.75) is 6.92 Å². The van der Waals surface area contributed by atoms with E-state index in [0.29, 0.717) is 22.6 Å². The number of nitrogens with two attached hydrogens (primary N) is 1. The van der Waals surface area contributed by atoms with Crippen LogP contribution in [0.5, 0.6) is 5.75 Å². The molecule has 0 atom stereocenters. The van der Waals surface area contributed by atoms with Crippen molar-refractivity contribution in [3.63, 3.8) is 0 Å². The Hall–Kier alpha value is -2.61. The molecule has 2 aromatic rings. The Morgan fingerprint density at radius 3 is 2.65 bits per heavy atom. The van der Waals surface area contributed by atoms with Gasteiger partial charge in [0, 0.05) is 5.56 Å². The van der Waals surface area contributed by atoms with Crippen LogP contribution in [0.25, 0.3) is 11.3 Å². The van der Waals surface area contributed by atoms with Gasteiger partial charge in [-0.2, -0.15) is 5.26 Å². The number of phenols is 1. The van der Waals surface area contributed by atoms with Crippen LogP contribution in [-0.2, 0) is 0 Å². The first kappa shape index (κ1) is 10.9. The van der Waals surface area contributed by atoms with Gasteiger partial charge in [0.1, 0.15) is 11.6 Å². The van der Waals surface area contributed by atoms with Crippen LogP contribution >= 0.6 is 0 Å². The summed E-state index contributed by atoms with van der Waals surface area (Å²) in [6, 6.07) is 8.29. The van der Waals surface area contributed by atoms with Crippen LogP contribution in [-0.4, -0.2) is 15.3 Å². The summed E-state index contributed by atoms with van der Waals surface area (Å²) in [5, 5.41) is 26.2. The van der Waals surface area contributed by atoms with Gasteiger partial charge in [-0.15, -0.1) is 10.2 Å². The lowest BCUT2D eigenvalue weighted by molar-refractivity contribution is 0.477. The van der Waals surface area contributed by atoms with Gasteiger partial charge < -0.3 is 10.8 Å². The number of rotatable bonds is 1. The molecule has 2 rings (SSSR count). The molecule has 17 heavy (non-hydrogen) atoms. The van der Waals surface area contributed by atoms with Crippen molar-refractivity contribution in [2.75, 3.05) is 5.73 Å². The highest BCUT2D eigenvalue weighted by molar-refractivity contribution is 5.70. The van der Waals surface area contributed by atoms with Crippen molar-refractivity contribution in [1.82, 2.24) is 10.2 Å². The second-order valence-corrected chi connectivity index (χ2v) is 3.64. The molecular formula is C12H10N4O. The van der Waals surface area contributed by atoms with E-state index in [4.69, 9.17) is 11.0 Å². The smallest absolute Gasteiger partial charge is 0.146 e. The van der Waals surface area contributed by atoms with E-state index in [1.807, 2.05) is 13.0 Å². The fourth-order valence-corrected chi connectivity index (χ4v) is 1.57. The number of aryl methyl sites for hydroxylation is 1. The molecule has 5 heteroatoms. The fraction of sp³-hybridized carbons (Fsp3) is 0.0833. The Labute approximate surface area is 98.2 Å². The van der Waals surface area contributed by atoms with Crippen molar-refractivity contribution in [2.24, 2.45) is 0 Å². The van der Waals surface area contributed by atoms with E-state index >= 15 is 0 Å². The number of anilines is 1. The third-order valence-corrected chi connectivity index (χ3v) is 2.39. The van der Waals surface area contributed by atoms with Gasteiger partial charge in [-0.05, 0) is 36.8 Å². The molecule has 0 aliphatic carbocycles. The summed E-state index contributed by atoms with van der Waals surface area (Å²) < 4.78 is 0.